The van der Waals surface area contributed by atoms with Crippen molar-refractivity contribution in [2.45, 2.75) is 5.92 Å². The number of aliphatic hydroxyl groups is 1. The number of pyridine rings is 1. The molecule has 17 heavy (non-hydrogen) atoms. The molecule has 0 aliphatic carbocycles. The first kappa shape index (κ1) is 12.0. The van der Waals surface area contributed by atoms with Gasteiger partial charge in [-0.25, -0.2) is 13.3 Å². The summed E-state index contributed by atoms with van der Waals surface area (Å²) in [5.41, 5.74) is 0.490. The van der Waals surface area contributed by atoms with Gasteiger partial charge in [-0.05, 0) is 12.1 Å². The van der Waals surface area contributed by atoms with Crippen LogP contribution < -0.4 is 5.32 Å². The third kappa shape index (κ3) is 2.80. The number of aromatic nitrogens is 3. The summed E-state index contributed by atoms with van der Waals surface area (Å²) in [7, 11) is 0. The van der Waals surface area contributed by atoms with Crippen LogP contribution in [-0.2, 0) is 0 Å². The Kier molecular flexibility index (Phi) is 3.12. The summed E-state index contributed by atoms with van der Waals surface area (Å²) in [5.74, 6) is -3.14. The van der Waals surface area contributed by atoms with E-state index in [1.54, 1.807) is 12.1 Å². The third-order valence-corrected chi connectivity index (χ3v) is 2.25. The Morgan fingerprint density at radius 1 is 1.47 bits per heavy atom. The molecule has 0 bridgehead atoms. The van der Waals surface area contributed by atoms with E-state index in [4.69, 9.17) is 16.7 Å². The number of fused-ring (bicyclic) bond motifs is 1. The maximum atomic E-state index is 12.8. The number of halogens is 3. The van der Waals surface area contributed by atoms with Crippen LogP contribution in [0, 0.1) is 0 Å². The molecule has 0 aliphatic rings. The van der Waals surface area contributed by atoms with Crippen molar-refractivity contribution in [1.29, 1.82) is 0 Å². The van der Waals surface area contributed by atoms with Gasteiger partial charge in [0.15, 0.2) is 5.65 Å². The Morgan fingerprint density at radius 2 is 2.24 bits per heavy atom. The van der Waals surface area contributed by atoms with Crippen LogP contribution in [0.3, 0.4) is 0 Å². The number of aliphatic hydroxyl groups excluding tert-OH is 1. The molecule has 8 heteroatoms. The molecule has 2 N–H and O–H groups in total. The van der Waals surface area contributed by atoms with E-state index in [1.165, 1.54) is 10.7 Å². The van der Waals surface area contributed by atoms with Gasteiger partial charge >= 0.3 is 0 Å². The highest BCUT2D eigenvalue weighted by molar-refractivity contribution is 6.30. The predicted octanol–water partition coefficient (Wildman–Crippen LogP) is 1.42. The van der Waals surface area contributed by atoms with Crippen LogP contribution in [0.4, 0.5) is 14.7 Å². The number of anilines is 1. The minimum absolute atomic E-state index is 0.0559. The Labute approximate surface area is 100 Å². The van der Waals surface area contributed by atoms with E-state index in [-0.39, 0.29) is 5.95 Å². The highest BCUT2D eigenvalue weighted by atomic mass is 35.5. The van der Waals surface area contributed by atoms with Gasteiger partial charge in [-0.3, -0.25) is 0 Å². The SMILES string of the molecule is OCC(F)(F)CNc1nc2ccc(Cl)cn2n1. The highest BCUT2D eigenvalue weighted by Gasteiger charge is 2.27. The maximum absolute atomic E-state index is 12.8. The molecule has 2 aromatic heterocycles. The van der Waals surface area contributed by atoms with E-state index in [0.29, 0.717) is 10.7 Å². The van der Waals surface area contributed by atoms with Crippen LogP contribution >= 0.6 is 11.6 Å². The van der Waals surface area contributed by atoms with Crippen molar-refractivity contribution in [2.24, 2.45) is 0 Å². The molecule has 2 rings (SSSR count). The van der Waals surface area contributed by atoms with Crippen LogP contribution in [-0.4, -0.2) is 38.8 Å². The lowest BCUT2D eigenvalue weighted by Crippen LogP contribution is -2.31. The van der Waals surface area contributed by atoms with Gasteiger partial charge in [-0.2, -0.15) is 4.98 Å². The van der Waals surface area contributed by atoms with Crippen molar-refractivity contribution < 1.29 is 13.9 Å². The topological polar surface area (TPSA) is 62.5 Å². The predicted molar refractivity (Wildman–Crippen MR) is 58.5 cm³/mol. The molecule has 0 amide bonds. The summed E-state index contributed by atoms with van der Waals surface area (Å²) in [4.78, 5) is 3.96. The molecule has 2 aromatic rings. The van der Waals surface area contributed by atoms with Gasteiger partial charge in [0, 0.05) is 6.20 Å². The average Bonchev–Trinajstić information content (AvgIpc) is 2.68. The minimum atomic E-state index is -3.20. The van der Waals surface area contributed by atoms with Gasteiger partial charge in [-0.1, -0.05) is 11.6 Å². The quantitative estimate of drug-likeness (QED) is 0.875. The number of alkyl halides is 2. The summed E-state index contributed by atoms with van der Waals surface area (Å²) < 4.78 is 26.9. The van der Waals surface area contributed by atoms with Crippen molar-refractivity contribution in [3.63, 3.8) is 0 Å². The smallest absolute Gasteiger partial charge is 0.287 e. The third-order valence-electron chi connectivity index (χ3n) is 2.03. The second-order valence-electron chi connectivity index (χ2n) is 3.45. The molecule has 5 nitrogen and oxygen atoms in total. The molecule has 0 atom stereocenters. The van der Waals surface area contributed by atoms with Gasteiger partial charge in [0.05, 0.1) is 11.6 Å². The first-order chi connectivity index (χ1) is 8.00. The van der Waals surface area contributed by atoms with Crippen LogP contribution in [0.1, 0.15) is 0 Å². The number of nitrogens with one attached hydrogen (secondary N) is 1. The van der Waals surface area contributed by atoms with E-state index in [9.17, 15) is 8.78 Å². The monoisotopic (exact) mass is 262 g/mol. The second kappa shape index (κ2) is 4.42. The van der Waals surface area contributed by atoms with Gasteiger partial charge in [0.25, 0.3) is 5.92 Å². The van der Waals surface area contributed by atoms with E-state index in [0.717, 1.165) is 0 Å². The number of hydrogen-bond donors (Lipinski definition) is 2. The van der Waals surface area contributed by atoms with Gasteiger partial charge < -0.3 is 10.4 Å². The molecule has 0 saturated heterocycles. The molecule has 0 radical (unpaired) electrons. The van der Waals surface area contributed by atoms with Gasteiger partial charge in [0.1, 0.15) is 6.61 Å². The number of hydrogen-bond acceptors (Lipinski definition) is 4. The van der Waals surface area contributed by atoms with Crippen LogP contribution in [0.5, 0.6) is 0 Å². The normalized spacial score (nSPS) is 12.0. The molecular formula is C9H9ClF2N4O. The zero-order valence-electron chi connectivity index (χ0n) is 8.57. The fourth-order valence-electron chi connectivity index (χ4n) is 1.20. The lowest BCUT2D eigenvalue weighted by Gasteiger charge is -2.12. The Morgan fingerprint density at radius 3 is 2.94 bits per heavy atom. The van der Waals surface area contributed by atoms with Crippen LogP contribution in [0.25, 0.3) is 5.65 Å². The largest absolute Gasteiger partial charge is 0.390 e. The number of nitrogens with zero attached hydrogens (tertiary/aromatic N) is 3. The molecular weight excluding hydrogens is 254 g/mol. The average molecular weight is 263 g/mol. The van der Waals surface area contributed by atoms with E-state index in [1.807, 2.05) is 0 Å². The standard InChI is InChI=1S/C9H9ClF2N4O/c10-6-1-2-7-14-8(15-16(7)3-6)13-4-9(11,12)5-17/h1-3,17H,4-5H2,(H,13,15). The molecule has 0 aliphatic heterocycles. The summed E-state index contributed by atoms with van der Waals surface area (Å²) >= 11 is 5.74. The summed E-state index contributed by atoms with van der Waals surface area (Å²) in [6.07, 6.45) is 1.51. The van der Waals surface area contributed by atoms with Crippen molar-refractivity contribution in [3.05, 3.63) is 23.4 Å². The molecule has 0 spiro atoms. The van der Waals surface area contributed by atoms with Crippen molar-refractivity contribution in [2.75, 3.05) is 18.5 Å². The van der Waals surface area contributed by atoms with Gasteiger partial charge in [0.2, 0.25) is 5.95 Å². The Hall–Kier alpha value is -1.47. The number of rotatable bonds is 4. The molecule has 92 valence electrons. The van der Waals surface area contributed by atoms with Crippen LogP contribution in [0.2, 0.25) is 5.02 Å². The maximum Gasteiger partial charge on any atom is 0.287 e. The van der Waals surface area contributed by atoms with Crippen molar-refractivity contribution >= 4 is 23.2 Å². The molecule has 2 heterocycles. The molecule has 0 aromatic carbocycles. The molecule has 0 saturated carbocycles. The lowest BCUT2D eigenvalue weighted by molar-refractivity contribution is -0.0374. The Balaban J connectivity index is 2.15. The first-order valence-corrected chi connectivity index (χ1v) is 5.12. The van der Waals surface area contributed by atoms with Crippen molar-refractivity contribution in [1.82, 2.24) is 14.6 Å². The molecule has 0 unspecified atom stereocenters. The van der Waals surface area contributed by atoms with E-state index < -0.39 is 19.1 Å². The fourth-order valence-corrected chi connectivity index (χ4v) is 1.35. The summed E-state index contributed by atoms with van der Waals surface area (Å²) in [6, 6.07) is 3.24. The second-order valence-corrected chi connectivity index (χ2v) is 3.89. The zero-order valence-corrected chi connectivity index (χ0v) is 9.32. The highest BCUT2D eigenvalue weighted by Crippen LogP contribution is 2.14. The minimum Gasteiger partial charge on any atom is -0.390 e. The van der Waals surface area contributed by atoms with E-state index in [2.05, 4.69) is 15.4 Å². The van der Waals surface area contributed by atoms with Crippen LogP contribution in [0.15, 0.2) is 18.3 Å². The Bertz CT molecular complexity index is 531. The first-order valence-electron chi connectivity index (χ1n) is 4.75. The lowest BCUT2D eigenvalue weighted by atomic mass is 10.3. The van der Waals surface area contributed by atoms with E-state index >= 15 is 0 Å². The van der Waals surface area contributed by atoms with Crippen molar-refractivity contribution in [3.8, 4) is 0 Å². The zero-order chi connectivity index (χ0) is 12.5. The summed E-state index contributed by atoms with van der Waals surface area (Å²) in [5, 5.41) is 15.1. The fraction of sp³-hybridized carbons (Fsp3) is 0.333. The van der Waals surface area contributed by atoms with Gasteiger partial charge in [-0.15, -0.1) is 5.10 Å². The summed E-state index contributed by atoms with van der Waals surface area (Å²) in [6.45, 7) is -1.95. The molecule has 0 fully saturated rings.